The summed E-state index contributed by atoms with van der Waals surface area (Å²) in [4.78, 5) is 36.0. The highest BCUT2D eigenvalue weighted by Crippen LogP contribution is 2.25. The number of carbonyl (C=O) groups excluding carboxylic acids is 3. The maximum absolute atomic E-state index is 12.2. The normalized spacial score (nSPS) is 19.5. The van der Waals surface area contributed by atoms with Crippen LogP contribution in [-0.4, -0.2) is 30.6 Å². The van der Waals surface area contributed by atoms with Crippen LogP contribution in [0.25, 0.3) is 11.0 Å². The van der Waals surface area contributed by atoms with Crippen molar-refractivity contribution in [3.8, 4) is 0 Å². The van der Waals surface area contributed by atoms with Crippen molar-refractivity contribution in [2.75, 3.05) is 6.61 Å². The van der Waals surface area contributed by atoms with Gasteiger partial charge in [-0.1, -0.05) is 38.0 Å². The van der Waals surface area contributed by atoms with Crippen LogP contribution in [0, 0.1) is 12.8 Å². The fourth-order valence-corrected chi connectivity index (χ4v) is 3.46. The summed E-state index contributed by atoms with van der Waals surface area (Å²) in [6.07, 6.45) is 4.20. The molecule has 1 aromatic carbocycles. The molecule has 1 saturated carbocycles. The average molecular weight is 372 g/mol. The quantitative estimate of drug-likeness (QED) is 0.803. The smallest absolute Gasteiger partial charge is 0.375 e. The molecule has 2 aromatic rings. The number of amides is 3. The number of rotatable bonds is 4. The predicted molar refractivity (Wildman–Crippen MR) is 99.3 cm³/mol. The Bertz CT molecular complexity index is 857. The second-order valence-corrected chi connectivity index (χ2v) is 7.02. The van der Waals surface area contributed by atoms with Gasteiger partial charge in [-0.05, 0) is 31.7 Å². The Morgan fingerprint density at radius 2 is 1.93 bits per heavy atom. The molecule has 1 aromatic heterocycles. The van der Waals surface area contributed by atoms with Crippen LogP contribution < -0.4 is 10.6 Å². The summed E-state index contributed by atoms with van der Waals surface area (Å²) in [5.74, 6) is -0.976. The van der Waals surface area contributed by atoms with E-state index in [9.17, 15) is 14.4 Å². The number of esters is 1. The Labute approximate surface area is 157 Å². The molecule has 144 valence electrons. The fourth-order valence-electron chi connectivity index (χ4n) is 3.46. The first-order valence-corrected chi connectivity index (χ1v) is 9.21. The van der Waals surface area contributed by atoms with E-state index in [2.05, 4.69) is 17.6 Å². The number of benzene rings is 1. The molecular formula is C20H24N2O5. The number of hydrogen-bond acceptors (Lipinski definition) is 5. The van der Waals surface area contributed by atoms with Crippen LogP contribution in [0.5, 0.6) is 0 Å². The lowest BCUT2D eigenvalue weighted by Crippen LogP contribution is -2.48. The van der Waals surface area contributed by atoms with Crippen LogP contribution >= 0.6 is 0 Å². The number of fused-ring (bicyclic) bond motifs is 1. The predicted octanol–water partition coefficient (Wildman–Crippen LogP) is 3.30. The highest BCUT2D eigenvalue weighted by molar-refractivity contribution is 5.98. The Kier molecular flexibility index (Phi) is 5.78. The van der Waals surface area contributed by atoms with Crippen molar-refractivity contribution in [2.24, 2.45) is 5.92 Å². The number of para-hydroxylation sites is 1. The Hall–Kier alpha value is -2.83. The van der Waals surface area contributed by atoms with Gasteiger partial charge in [0.2, 0.25) is 5.76 Å². The number of ether oxygens (including phenoxy) is 1. The van der Waals surface area contributed by atoms with Crippen molar-refractivity contribution in [1.29, 1.82) is 0 Å². The van der Waals surface area contributed by atoms with Gasteiger partial charge in [-0.15, -0.1) is 0 Å². The van der Waals surface area contributed by atoms with Crippen molar-refractivity contribution >= 4 is 28.9 Å². The molecule has 7 nitrogen and oxygen atoms in total. The van der Waals surface area contributed by atoms with Crippen molar-refractivity contribution < 1.29 is 23.5 Å². The van der Waals surface area contributed by atoms with Gasteiger partial charge in [0.05, 0.1) is 0 Å². The van der Waals surface area contributed by atoms with Gasteiger partial charge in [-0.3, -0.25) is 10.1 Å². The molecule has 0 unspecified atom stereocenters. The summed E-state index contributed by atoms with van der Waals surface area (Å²) in [7, 11) is 0. The Morgan fingerprint density at radius 1 is 1.19 bits per heavy atom. The summed E-state index contributed by atoms with van der Waals surface area (Å²) in [5, 5.41) is 5.83. The third-order valence-corrected chi connectivity index (χ3v) is 5.04. The molecule has 1 fully saturated rings. The van der Waals surface area contributed by atoms with Crippen LogP contribution in [0.3, 0.4) is 0 Å². The average Bonchev–Trinajstić information content (AvgIpc) is 2.99. The highest BCUT2D eigenvalue weighted by atomic mass is 16.5. The molecule has 2 N–H and O–H groups in total. The summed E-state index contributed by atoms with van der Waals surface area (Å²) in [5.41, 5.74) is 1.23. The number of aryl methyl sites for hydroxylation is 1. The van der Waals surface area contributed by atoms with Gasteiger partial charge in [-0.2, -0.15) is 0 Å². The SMILES string of the molecule is Cc1c(C(=O)OCC(=O)NC(=O)N[C@@H]2CCCC[C@H]2C)oc2ccccc12. The first-order chi connectivity index (χ1) is 13.0. The lowest BCUT2D eigenvalue weighted by atomic mass is 9.86. The minimum Gasteiger partial charge on any atom is -0.450 e. The van der Waals surface area contributed by atoms with E-state index in [1.807, 2.05) is 12.1 Å². The summed E-state index contributed by atoms with van der Waals surface area (Å²) in [6.45, 7) is 3.29. The molecule has 7 heteroatoms. The molecule has 0 saturated heterocycles. The molecule has 1 heterocycles. The third kappa shape index (κ3) is 4.48. The molecule has 1 aliphatic rings. The minimum atomic E-state index is -0.736. The summed E-state index contributed by atoms with van der Waals surface area (Å²) in [6, 6.07) is 6.75. The summed E-state index contributed by atoms with van der Waals surface area (Å²) >= 11 is 0. The van der Waals surface area contributed by atoms with E-state index >= 15 is 0 Å². The van der Waals surface area contributed by atoms with E-state index in [1.54, 1.807) is 19.1 Å². The molecular weight excluding hydrogens is 348 g/mol. The van der Waals surface area contributed by atoms with E-state index < -0.39 is 24.5 Å². The molecule has 2 atom stereocenters. The van der Waals surface area contributed by atoms with Crippen LogP contribution in [0.1, 0.15) is 48.7 Å². The first-order valence-electron chi connectivity index (χ1n) is 9.21. The zero-order valence-electron chi connectivity index (χ0n) is 15.5. The standard InChI is InChI=1S/C20H24N2O5/c1-12-7-3-5-9-15(12)21-20(25)22-17(23)11-26-19(24)18-13(2)14-8-4-6-10-16(14)27-18/h4,6,8,10,12,15H,3,5,7,9,11H2,1-2H3,(H2,21,22,23,25)/t12-,15-/m1/s1. The topological polar surface area (TPSA) is 97.6 Å². The summed E-state index contributed by atoms with van der Waals surface area (Å²) < 4.78 is 10.5. The Morgan fingerprint density at radius 3 is 2.67 bits per heavy atom. The molecule has 0 radical (unpaired) electrons. The maximum atomic E-state index is 12.2. The van der Waals surface area contributed by atoms with Gasteiger partial charge in [0.25, 0.3) is 5.91 Å². The van der Waals surface area contributed by atoms with Gasteiger partial charge < -0.3 is 14.5 Å². The second kappa shape index (κ2) is 8.24. The number of imide groups is 1. The van der Waals surface area contributed by atoms with Crippen LogP contribution in [0.15, 0.2) is 28.7 Å². The number of hydrogen-bond donors (Lipinski definition) is 2. The molecule has 0 aliphatic heterocycles. The van der Waals surface area contributed by atoms with Crippen molar-refractivity contribution in [1.82, 2.24) is 10.6 Å². The van der Waals surface area contributed by atoms with Crippen LogP contribution in [0.4, 0.5) is 4.79 Å². The van der Waals surface area contributed by atoms with Crippen LogP contribution in [0.2, 0.25) is 0 Å². The molecule has 0 bridgehead atoms. The van der Waals surface area contributed by atoms with E-state index in [0.29, 0.717) is 17.1 Å². The van der Waals surface area contributed by atoms with Gasteiger partial charge in [0.15, 0.2) is 6.61 Å². The lowest BCUT2D eigenvalue weighted by Gasteiger charge is -2.29. The van der Waals surface area contributed by atoms with Gasteiger partial charge in [-0.25, -0.2) is 9.59 Å². The maximum Gasteiger partial charge on any atom is 0.375 e. The number of nitrogens with one attached hydrogen (secondary N) is 2. The van der Waals surface area contributed by atoms with Crippen molar-refractivity contribution in [3.05, 3.63) is 35.6 Å². The third-order valence-electron chi connectivity index (χ3n) is 5.04. The number of urea groups is 1. The first kappa shape index (κ1) is 18.9. The van der Waals surface area contributed by atoms with E-state index in [4.69, 9.17) is 9.15 Å². The van der Waals surface area contributed by atoms with E-state index in [1.165, 1.54) is 0 Å². The monoisotopic (exact) mass is 372 g/mol. The number of furan rings is 1. The fraction of sp³-hybridized carbons (Fsp3) is 0.450. The zero-order chi connectivity index (χ0) is 19.4. The highest BCUT2D eigenvalue weighted by Gasteiger charge is 2.24. The van der Waals surface area contributed by atoms with Gasteiger partial charge >= 0.3 is 12.0 Å². The molecule has 3 rings (SSSR count). The van der Waals surface area contributed by atoms with Crippen molar-refractivity contribution in [3.63, 3.8) is 0 Å². The largest absolute Gasteiger partial charge is 0.450 e. The van der Waals surface area contributed by atoms with E-state index in [0.717, 1.165) is 31.1 Å². The van der Waals surface area contributed by atoms with Crippen molar-refractivity contribution in [2.45, 2.75) is 45.6 Å². The molecule has 0 spiro atoms. The molecule has 1 aliphatic carbocycles. The van der Waals surface area contributed by atoms with E-state index in [-0.39, 0.29) is 11.8 Å². The van der Waals surface area contributed by atoms with Crippen LogP contribution in [-0.2, 0) is 9.53 Å². The van der Waals surface area contributed by atoms with Gasteiger partial charge in [0, 0.05) is 17.0 Å². The molecule has 27 heavy (non-hydrogen) atoms. The Balaban J connectivity index is 1.50. The minimum absolute atomic E-state index is 0.0597. The number of carbonyl (C=O) groups is 3. The zero-order valence-corrected chi connectivity index (χ0v) is 15.5. The lowest BCUT2D eigenvalue weighted by molar-refractivity contribution is -0.123. The second-order valence-electron chi connectivity index (χ2n) is 7.02. The molecule has 3 amide bonds. The van der Waals surface area contributed by atoms with Gasteiger partial charge in [0.1, 0.15) is 5.58 Å².